The fourth-order valence-electron chi connectivity index (χ4n) is 2.44. The zero-order valence-electron chi connectivity index (χ0n) is 14.5. The number of rotatable bonds is 5. The van der Waals surface area contributed by atoms with Crippen molar-refractivity contribution in [2.45, 2.75) is 6.92 Å². The molecular formula is C19H17ClN2O3S. The number of carbonyl (C=O) groups is 1. The topological polar surface area (TPSA) is 60.5 Å². The molecule has 0 aliphatic rings. The molecule has 2 aromatic carbocycles. The number of methoxy groups -OCH3 is 2. The molecule has 5 nitrogen and oxygen atoms in total. The number of aryl methyl sites for hydroxylation is 1. The van der Waals surface area contributed by atoms with Crippen LogP contribution in [0.1, 0.15) is 15.2 Å². The Bertz CT molecular complexity index is 956. The highest BCUT2D eigenvalue weighted by Gasteiger charge is 2.16. The van der Waals surface area contributed by atoms with Crippen LogP contribution in [0.5, 0.6) is 11.5 Å². The highest BCUT2D eigenvalue weighted by atomic mass is 35.5. The molecular weight excluding hydrogens is 372 g/mol. The van der Waals surface area contributed by atoms with E-state index >= 15 is 0 Å². The van der Waals surface area contributed by atoms with Crippen LogP contribution in [0.4, 0.5) is 5.69 Å². The van der Waals surface area contributed by atoms with E-state index in [2.05, 4.69) is 10.3 Å². The third-order valence-electron chi connectivity index (χ3n) is 3.81. The van der Waals surface area contributed by atoms with Gasteiger partial charge in [0.05, 0.1) is 25.4 Å². The molecule has 1 heterocycles. The number of carbonyl (C=O) groups excluding carboxylic acids is 1. The number of halogens is 1. The van der Waals surface area contributed by atoms with Crippen LogP contribution in [0.15, 0.2) is 42.6 Å². The Hall–Kier alpha value is -2.57. The van der Waals surface area contributed by atoms with E-state index in [0.717, 1.165) is 11.1 Å². The van der Waals surface area contributed by atoms with E-state index in [1.165, 1.54) is 11.3 Å². The maximum absolute atomic E-state index is 12.6. The predicted molar refractivity (Wildman–Crippen MR) is 105 cm³/mol. The Morgan fingerprint density at radius 1 is 1.15 bits per heavy atom. The van der Waals surface area contributed by atoms with Gasteiger partial charge in [-0.2, -0.15) is 0 Å². The van der Waals surface area contributed by atoms with Gasteiger partial charge >= 0.3 is 0 Å². The summed E-state index contributed by atoms with van der Waals surface area (Å²) in [7, 11) is 3.13. The van der Waals surface area contributed by atoms with Crippen LogP contribution in [-0.2, 0) is 0 Å². The van der Waals surface area contributed by atoms with Crippen molar-refractivity contribution in [1.29, 1.82) is 0 Å². The minimum absolute atomic E-state index is 0.240. The number of amides is 1. The molecule has 3 aromatic rings. The van der Waals surface area contributed by atoms with E-state index in [-0.39, 0.29) is 5.91 Å². The van der Waals surface area contributed by atoms with Crippen LogP contribution >= 0.6 is 22.9 Å². The Labute approximate surface area is 160 Å². The van der Waals surface area contributed by atoms with Gasteiger partial charge in [-0.05, 0) is 24.6 Å². The molecule has 0 spiro atoms. The molecule has 7 heteroatoms. The second-order valence-electron chi connectivity index (χ2n) is 5.49. The van der Waals surface area contributed by atoms with Gasteiger partial charge in [0.25, 0.3) is 5.91 Å². The van der Waals surface area contributed by atoms with Crippen molar-refractivity contribution in [1.82, 2.24) is 4.98 Å². The lowest BCUT2D eigenvalue weighted by Crippen LogP contribution is -2.11. The third kappa shape index (κ3) is 3.66. The molecule has 0 bridgehead atoms. The van der Waals surface area contributed by atoms with Crippen LogP contribution in [0.3, 0.4) is 0 Å². The molecule has 0 fully saturated rings. The predicted octanol–water partition coefficient (Wildman–Crippen LogP) is 5.04. The largest absolute Gasteiger partial charge is 0.493 e. The number of ether oxygens (including phenoxy) is 2. The standard InChI is InChI=1S/C19H17ClN2O3S/c1-11-8-15(24-2)16(25-3)9-14(11)22-18(23)17-10-21-19(26-17)12-6-4-5-7-13(12)20/h4-10H,1-3H3,(H,22,23). The highest BCUT2D eigenvalue weighted by molar-refractivity contribution is 7.17. The second-order valence-corrected chi connectivity index (χ2v) is 6.92. The van der Waals surface area contributed by atoms with Crippen molar-refractivity contribution in [2.75, 3.05) is 19.5 Å². The lowest BCUT2D eigenvalue weighted by molar-refractivity contribution is 0.103. The van der Waals surface area contributed by atoms with Crippen LogP contribution < -0.4 is 14.8 Å². The van der Waals surface area contributed by atoms with Crippen LogP contribution in [0.25, 0.3) is 10.6 Å². The third-order valence-corrected chi connectivity index (χ3v) is 5.17. The van der Waals surface area contributed by atoms with Gasteiger partial charge in [0.2, 0.25) is 0 Å². The molecule has 0 atom stereocenters. The maximum Gasteiger partial charge on any atom is 0.267 e. The van der Waals surface area contributed by atoms with E-state index < -0.39 is 0 Å². The maximum atomic E-state index is 12.6. The van der Waals surface area contributed by atoms with E-state index in [1.807, 2.05) is 31.2 Å². The molecule has 0 unspecified atom stereocenters. The van der Waals surface area contributed by atoms with Crippen molar-refractivity contribution in [3.8, 4) is 22.1 Å². The van der Waals surface area contributed by atoms with Crippen LogP contribution in [-0.4, -0.2) is 25.1 Å². The number of hydrogen-bond acceptors (Lipinski definition) is 5. The zero-order chi connectivity index (χ0) is 18.7. The molecule has 1 aromatic heterocycles. The van der Waals surface area contributed by atoms with Gasteiger partial charge in [0, 0.05) is 17.3 Å². The number of anilines is 1. The lowest BCUT2D eigenvalue weighted by Gasteiger charge is -2.13. The summed E-state index contributed by atoms with van der Waals surface area (Å²) in [5, 5.41) is 4.20. The minimum atomic E-state index is -0.240. The summed E-state index contributed by atoms with van der Waals surface area (Å²) in [5.41, 5.74) is 2.33. The number of nitrogens with one attached hydrogen (secondary N) is 1. The van der Waals surface area contributed by atoms with Gasteiger partial charge in [0.15, 0.2) is 11.5 Å². The van der Waals surface area contributed by atoms with Crippen LogP contribution in [0, 0.1) is 6.92 Å². The highest BCUT2D eigenvalue weighted by Crippen LogP contribution is 2.34. The van der Waals surface area contributed by atoms with E-state index in [9.17, 15) is 4.79 Å². The Morgan fingerprint density at radius 3 is 2.54 bits per heavy atom. The number of aromatic nitrogens is 1. The molecule has 26 heavy (non-hydrogen) atoms. The fourth-order valence-corrected chi connectivity index (χ4v) is 3.57. The summed E-state index contributed by atoms with van der Waals surface area (Å²) in [4.78, 5) is 17.4. The van der Waals surface area contributed by atoms with E-state index in [4.69, 9.17) is 21.1 Å². The Morgan fingerprint density at radius 2 is 1.85 bits per heavy atom. The van der Waals surface area contributed by atoms with Gasteiger partial charge < -0.3 is 14.8 Å². The smallest absolute Gasteiger partial charge is 0.267 e. The first-order chi connectivity index (χ1) is 12.5. The molecule has 0 saturated carbocycles. The Balaban J connectivity index is 1.85. The zero-order valence-corrected chi connectivity index (χ0v) is 16.1. The van der Waals surface area contributed by atoms with Gasteiger partial charge in [-0.1, -0.05) is 29.8 Å². The number of benzene rings is 2. The van der Waals surface area contributed by atoms with Crippen molar-refractivity contribution in [3.05, 3.63) is 58.1 Å². The van der Waals surface area contributed by atoms with Gasteiger partial charge in [-0.25, -0.2) is 4.98 Å². The molecule has 134 valence electrons. The average Bonchev–Trinajstić information content (AvgIpc) is 3.13. The SMILES string of the molecule is COc1cc(C)c(NC(=O)c2cnc(-c3ccccc3Cl)s2)cc1OC. The molecule has 1 amide bonds. The van der Waals surface area contributed by atoms with Crippen molar-refractivity contribution >= 4 is 34.5 Å². The molecule has 0 saturated heterocycles. The fraction of sp³-hybridized carbons (Fsp3) is 0.158. The summed E-state index contributed by atoms with van der Waals surface area (Å²) in [6.45, 7) is 1.89. The van der Waals surface area contributed by atoms with Gasteiger partial charge in [0.1, 0.15) is 9.88 Å². The van der Waals surface area contributed by atoms with Crippen molar-refractivity contribution < 1.29 is 14.3 Å². The average molecular weight is 389 g/mol. The van der Waals surface area contributed by atoms with E-state index in [0.29, 0.717) is 32.1 Å². The molecule has 1 N–H and O–H groups in total. The number of thiazole rings is 1. The van der Waals surface area contributed by atoms with Gasteiger partial charge in [-0.3, -0.25) is 4.79 Å². The summed E-state index contributed by atoms with van der Waals surface area (Å²) in [5.74, 6) is 0.923. The van der Waals surface area contributed by atoms with Crippen molar-refractivity contribution in [3.63, 3.8) is 0 Å². The molecule has 3 rings (SSSR count). The normalized spacial score (nSPS) is 10.5. The first-order valence-electron chi connectivity index (χ1n) is 7.78. The molecule has 0 aliphatic heterocycles. The van der Waals surface area contributed by atoms with Gasteiger partial charge in [-0.15, -0.1) is 11.3 Å². The first-order valence-corrected chi connectivity index (χ1v) is 8.97. The minimum Gasteiger partial charge on any atom is -0.493 e. The van der Waals surface area contributed by atoms with Crippen LogP contribution in [0.2, 0.25) is 5.02 Å². The monoisotopic (exact) mass is 388 g/mol. The summed E-state index contributed by atoms with van der Waals surface area (Å²) in [6, 6.07) is 11.0. The Kier molecular flexibility index (Phi) is 5.44. The van der Waals surface area contributed by atoms with E-state index in [1.54, 1.807) is 32.5 Å². The van der Waals surface area contributed by atoms with Crippen molar-refractivity contribution in [2.24, 2.45) is 0 Å². The lowest BCUT2D eigenvalue weighted by atomic mass is 10.1. The molecule has 0 aliphatic carbocycles. The summed E-state index contributed by atoms with van der Waals surface area (Å²) >= 11 is 7.49. The quantitative estimate of drug-likeness (QED) is 0.665. The molecule has 0 radical (unpaired) electrons. The number of nitrogens with zero attached hydrogens (tertiary/aromatic N) is 1. The first kappa shape index (κ1) is 18.2. The summed E-state index contributed by atoms with van der Waals surface area (Å²) < 4.78 is 10.6. The second kappa shape index (κ2) is 7.76. The summed E-state index contributed by atoms with van der Waals surface area (Å²) in [6.07, 6.45) is 1.55. The number of hydrogen-bond donors (Lipinski definition) is 1.